The highest BCUT2D eigenvalue weighted by atomic mass is 32.2. The zero-order valence-electron chi connectivity index (χ0n) is 16.6. The Morgan fingerprint density at radius 2 is 1.83 bits per heavy atom. The summed E-state index contributed by atoms with van der Waals surface area (Å²) in [6.45, 7) is 1.88. The average Bonchev–Trinajstić information content (AvgIpc) is 3.30. The number of nitrogens with zero attached hydrogens (tertiary/aromatic N) is 2. The maximum atomic E-state index is 12.6. The van der Waals surface area contributed by atoms with Crippen LogP contribution in [0, 0.1) is 0 Å². The Balaban J connectivity index is 1.46. The number of thiazole rings is 1. The zero-order valence-corrected chi connectivity index (χ0v) is 18.2. The number of nitrogens with one attached hydrogen (secondary N) is 1. The number of hydrogen-bond donors (Lipinski definition) is 1. The van der Waals surface area contributed by atoms with Crippen LogP contribution in [0.1, 0.15) is 24.2 Å². The van der Waals surface area contributed by atoms with Gasteiger partial charge in [-0.15, -0.1) is 11.3 Å². The number of amides is 1. The summed E-state index contributed by atoms with van der Waals surface area (Å²) in [4.78, 5) is 18.4. The summed E-state index contributed by atoms with van der Waals surface area (Å²) in [5, 5.41) is 4.93. The Morgan fingerprint density at radius 3 is 2.50 bits per heavy atom. The molecule has 1 amide bonds. The third kappa shape index (κ3) is 4.29. The molecule has 0 radical (unpaired) electrons. The highest BCUT2D eigenvalue weighted by molar-refractivity contribution is 7.90. The number of carbonyl (C=O) groups excluding carboxylic acids is 1. The van der Waals surface area contributed by atoms with Crippen LogP contribution in [0.25, 0.3) is 16.2 Å². The molecule has 1 atom stereocenters. The van der Waals surface area contributed by atoms with Crippen LogP contribution in [0.5, 0.6) is 0 Å². The van der Waals surface area contributed by atoms with Gasteiger partial charge < -0.3 is 5.32 Å². The van der Waals surface area contributed by atoms with E-state index in [-0.39, 0.29) is 23.3 Å². The van der Waals surface area contributed by atoms with Gasteiger partial charge in [0.05, 0.1) is 23.1 Å². The summed E-state index contributed by atoms with van der Waals surface area (Å²) in [5.41, 5.74) is 3.64. The number of benzene rings is 2. The second kappa shape index (κ2) is 8.04. The number of fused-ring (bicyclic) bond motifs is 1. The Bertz CT molecular complexity index is 1290. The molecule has 154 valence electrons. The first-order chi connectivity index (χ1) is 14.3. The molecule has 0 fully saturated rings. The number of carbonyl (C=O) groups is 1. The van der Waals surface area contributed by atoms with Crippen molar-refractivity contribution in [3.05, 3.63) is 77.4 Å². The van der Waals surface area contributed by atoms with Crippen LogP contribution in [0.4, 0.5) is 0 Å². The molecule has 30 heavy (non-hydrogen) atoms. The van der Waals surface area contributed by atoms with Crippen molar-refractivity contribution < 1.29 is 13.2 Å². The van der Waals surface area contributed by atoms with Crippen molar-refractivity contribution in [2.45, 2.75) is 24.3 Å². The van der Waals surface area contributed by atoms with Crippen molar-refractivity contribution in [3.8, 4) is 11.3 Å². The molecule has 2 aromatic heterocycles. The minimum absolute atomic E-state index is 0.107. The Hall–Kier alpha value is -2.97. The van der Waals surface area contributed by atoms with Gasteiger partial charge in [0.1, 0.15) is 0 Å². The molecule has 0 aliphatic carbocycles. The molecular weight excluding hydrogens is 418 g/mol. The van der Waals surface area contributed by atoms with Crippen LogP contribution in [-0.4, -0.2) is 30.0 Å². The number of hydrogen-bond acceptors (Lipinski definition) is 5. The molecule has 8 heteroatoms. The molecule has 0 saturated heterocycles. The van der Waals surface area contributed by atoms with E-state index in [1.165, 1.54) is 17.6 Å². The van der Waals surface area contributed by atoms with Crippen molar-refractivity contribution >= 4 is 32.0 Å². The van der Waals surface area contributed by atoms with E-state index in [0.29, 0.717) is 0 Å². The van der Waals surface area contributed by atoms with E-state index >= 15 is 0 Å². The van der Waals surface area contributed by atoms with E-state index in [1.807, 2.05) is 53.2 Å². The van der Waals surface area contributed by atoms with Crippen molar-refractivity contribution in [2.24, 2.45) is 0 Å². The van der Waals surface area contributed by atoms with Crippen LogP contribution in [0.15, 0.2) is 71.1 Å². The molecule has 0 aliphatic heterocycles. The largest absolute Gasteiger partial charge is 0.349 e. The Morgan fingerprint density at radius 1 is 1.13 bits per heavy atom. The van der Waals surface area contributed by atoms with Crippen LogP contribution in [-0.2, 0) is 21.1 Å². The molecule has 2 heterocycles. The molecule has 0 aliphatic rings. The third-order valence-corrected chi connectivity index (χ3v) is 6.90. The van der Waals surface area contributed by atoms with Crippen molar-refractivity contribution in [2.75, 3.05) is 6.26 Å². The highest BCUT2D eigenvalue weighted by Crippen LogP contribution is 2.24. The van der Waals surface area contributed by atoms with Gasteiger partial charge in [-0.2, -0.15) is 0 Å². The summed E-state index contributed by atoms with van der Waals surface area (Å²) in [6, 6.07) is 16.3. The van der Waals surface area contributed by atoms with E-state index in [1.54, 1.807) is 24.3 Å². The molecule has 4 aromatic rings. The minimum atomic E-state index is -3.24. The van der Waals surface area contributed by atoms with Crippen LogP contribution in [0.2, 0.25) is 0 Å². The fourth-order valence-corrected chi connectivity index (χ4v) is 4.75. The lowest BCUT2D eigenvalue weighted by Crippen LogP contribution is -2.28. The monoisotopic (exact) mass is 439 g/mol. The van der Waals surface area contributed by atoms with Crippen LogP contribution >= 0.6 is 11.3 Å². The molecule has 0 unspecified atom stereocenters. The highest BCUT2D eigenvalue weighted by Gasteiger charge is 2.15. The number of aromatic nitrogens is 2. The lowest BCUT2D eigenvalue weighted by atomic mass is 10.1. The summed E-state index contributed by atoms with van der Waals surface area (Å²) < 4.78 is 25.1. The predicted octanol–water partition coefficient (Wildman–Crippen LogP) is 3.89. The molecule has 0 bridgehead atoms. The topological polar surface area (TPSA) is 80.5 Å². The van der Waals surface area contributed by atoms with Gasteiger partial charge in [0, 0.05) is 29.1 Å². The van der Waals surface area contributed by atoms with Gasteiger partial charge in [0.25, 0.3) is 0 Å². The summed E-state index contributed by atoms with van der Waals surface area (Å²) in [6.07, 6.45) is 3.36. The van der Waals surface area contributed by atoms with Gasteiger partial charge in [0.15, 0.2) is 14.8 Å². The average molecular weight is 440 g/mol. The van der Waals surface area contributed by atoms with Crippen LogP contribution < -0.4 is 5.32 Å². The van der Waals surface area contributed by atoms with Gasteiger partial charge in [0.2, 0.25) is 5.91 Å². The Labute approximate surface area is 179 Å². The van der Waals surface area contributed by atoms with Crippen molar-refractivity contribution in [1.82, 2.24) is 14.7 Å². The molecule has 0 saturated carbocycles. The van der Waals surface area contributed by atoms with Crippen molar-refractivity contribution in [3.63, 3.8) is 0 Å². The SMILES string of the molecule is C[C@@H](NC(=O)Cc1csc2nc(-c3ccccc3)cn12)c1ccc(S(C)(=O)=O)cc1. The first kappa shape index (κ1) is 20.3. The van der Waals surface area contributed by atoms with E-state index in [2.05, 4.69) is 10.3 Å². The lowest BCUT2D eigenvalue weighted by molar-refractivity contribution is -0.121. The molecule has 0 spiro atoms. The summed E-state index contributed by atoms with van der Waals surface area (Å²) in [7, 11) is -3.24. The maximum Gasteiger partial charge on any atom is 0.226 e. The van der Waals surface area contributed by atoms with Gasteiger partial charge >= 0.3 is 0 Å². The molecule has 6 nitrogen and oxygen atoms in total. The molecule has 2 aromatic carbocycles. The standard InChI is InChI=1S/C22H21N3O3S2/c1-15(16-8-10-19(11-9-16)30(2,27)28)23-21(26)12-18-14-29-22-24-20(13-25(18)22)17-6-4-3-5-7-17/h3-11,13-15H,12H2,1-2H3,(H,23,26)/t15-/m1/s1. The third-order valence-electron chi connectivity index (χ3n) is 4.88. The molecule has 4 rings (SSSR count). The zero-order chi connectivity index (χ0) is 21.3. The van der Waals surface area contributed by atoms with Crippen molar-refractivity contribution in [1.29, 1.82) is 0 Å². The van der Waals surface area contributed by atoms with E-state index in [4.69, 9.17) is 0 Å². The van der Waals surface area contributed by atoms with Gasteiger partial charge in [-0.1, -0.05) is 42.5 Å². The molecule has 1 N–H and O–H groups in total. The number of imidazole rings is 1. The van der Waals surface area contributed by atoms with Gasteiger partial charge in [-0.05, 0) is 24.6 Å². The predicted molar refractivity (Wildman–Crippen MR) is 118 cm³/mol. The second-order valence-corrected chi connectivity index (χ2v) is 10.0. The van der Waals surface area contributed by atoms with E-state index in [9.17, 15) is 13.2 Å². The minimum Gasteiger partial charge on any atom is -0.349 e. The lowest BCUT2D eigenvalue weighted by Gasteiger charge is -2.14. The first-order valence-electron chi connectivity index (χ1n) is 9.41. The summed E-state index contributed by atoms with van der Waals surface area (Å²) >= 11 is 1.51. The normalized spacial score (nSPS) is 12.7. The van der Waals surface area contributed by atoms with Gasteiger partial charge in [-0.3, -0.25) is 9.20 Å². The maximum absolute atomic E-state index is 12.6. The number of sulfone groups is 1. The summed E-state index contributed by atoms with van der Waals surface area (Å²) in [5.74, 6) is -0.107. The van der Waals surface area contributed by atoms with Crippen LogP contribution in [0.3, 0.4) is 0 Å². The molecular formula is C22H21N3O3S2. The Kier molecular flexibility index (Phi) is 5.44. The first-order valence-corrected chi connectivity index (χ1v) is 12.2. The van der Waals surface area contributed by atoms with Gasteiger partial charge in [-0.25, -0.2) is 13.4 Å². The second-order valence-electron chi connectivity index (χ2n) is 7.18. The van der Waals surface area contributed by atoms with E-state index in [0.717, 1.165) is 27.5 Å². The quantitative estimate of drug-likeness (QED) is 0.494. The number of rotatable bonds is 6. The fraction of sp³-hybridized carbons (Fsp3) is 0.182. The van der Waals surface area contributed by atoms with E-state index < -0.39 is 9.84 Å². The fourth-order valence-electron chi connectivity index (χ4n) is 3.25. The smallest absolute Gasteiger partial charge is 0.226 e.